The van der Waals surface area contributed by atoms with Crippen molar-refractivity contribution in [3.63, 3.8) is 0 Å². The molecule has 2 nitrogen and oxygen atoms in total. The van der Waals surface area contributed by atoms with E-state index in [9.17, 15) is 4.79 Å². The zero-order valence-corrected chi connectivity index (χ0v) is 11.7. The van der Waals surface area contributed by atoms with Crippen LogP contribution in [-0.2, 0) is 0 Å². The number of rotatable bonds is 3. The largest absolute Gasteiger partial charge is 0.352 e. The first-order chi connectivity index (χ1) is 9.15. The topological polar surface area (TPSA) is 29.1 Å². The number of carbonyl (C=O) groups is 1. The predicted molar refractivity (Wildman–Crippen MR) is 79.4 cm³/mol. The van der Waals surface area contributed by atoms with Crippen molar-refractivity contribution in [1.82, 2.24) is 5.32 Å². The summed E-state index contributed by atoms with van der Waals surface area (Å²) in [6.07, 6.45) is 0. The van der Waals surface area contributed by atoms with Crippen molar-refractivity contribution < 1.29 is 4.79 Å². The molecule has 0 saturated heterocycles. The van der Waals surface area contributed by atoms with Gasteiger partial charge in [0, 0.05) is 12.1 Å². The number of hydrogen-bond acceptors (Lipinski definition) is 1. The van der Waals surface area contributed by atoms with E-state index in [1.165, 1.54) is 11.1 Å². The van der Waals surface area contributed by atoms with E-state index in [1.807, 2.05) is 38.1 Å². The normalized spacial score (nSPS) is 10.3. The van der Waals surface area contributed by atoms with Crippen LogP contribution >= 0.6 is 0 Å². The van der Waals surface area contributed by atoms with Crippen molar-refractivity contribution in [1.29, 1.82) is 0 Å². The Morgan fingerprint density at radius 3 is 2.37 bits per heavy atom. The molecule has 0 aliphatic rings. The summed E-state index contributed by atoms with van der Waals surface area (Å²) >= 11 is 0. The number of carbonyl (C=O) groups excluding carboxylic acids is 1. The molecular formula is C17H19NO. The van der Waals surface area contributed by atoms with E-state index in [-0.39, 0.29) is 5.91 Å². The Labute approximate surface area is 114 Å². The van der Waals surface area contributed by atoms with Crippen LogP contribution in [0.2, 0.25) is 0 Å². The molecule has 0 aliphatic carbocycles. The Kier molecular flexibility index (Phi) is 4.00. The van der Waals surface area contributed by atoms with Gasteiger partial charge in [-0.15, -0.1) is 0 Å². The van der Waals surface area contributed by atoms with Gasteiger partial charge in [-0.25, -0.2) is 0 Å². The van der Waals surface area contributed by atoms with Crippen molar-refractivity contribution in [2.24, 2.45) is 0 Å². The second-order valence-electron chi connectivity index (χ2n) is 4.65. The maximum Gasteiger partial charge on any atom is 0.251 e. The summed E-state index contributed by atoms with van der Waals surface area (Å²) < 4.78 is 0. The minimum absolute atomic E-state index is 0.00423. The first-order valence-corrected chi connectivity index (χ1v) is 6.59. The highest BCUT2D eigenvalue weighted by Gasteiger charge is 2.12. The molecule has 0 atom stereocenters. The number of benzene rings is 2. The van der Waals surface area contributed by atoms with Crippen LogP contribution in [0.15, 0.2) is 42.5 Å². The molecule has 2 aromatic carbocycles. The molecular weight excluding hydrogens is 234 g/mol. The monoisotopic (exact) mass is 253 g/mol. The summed E-state index contributed by atoms with van der Waals surface area (Å²) in [5.41, 5.74) is 5.32. The van der Waals surface area contributed by atoms with Gasteiger partial charge >= 0.3 is 0 Å². The summed E-state index contributed by atoms with van der Waals surface area (Å²) in [4.78, 5) is 12.0. The van der Waals surface area contributed by atoms with Crippen LogP contribution in [0, 0.1) is 13.8 Å². The fourth-order valence-corrected chi connectivity index (χ4v) is 2.30. The molecule has 98 valence electrons. The number of nitrogens with one attached hydrogen (secondary N) is 1. The third-order valence-corrected chi connectivity index (χ3v) is 3.35. The number of hydrogen-bond donors (Lipinski definition) is 1. The quantitative estimate of drug-likeness (QED) is 0.887. The second-order valence-corrected chi connectivity index (χ2v) is 4.65. The molecule has 2 rings (SSSR count). The van der Waals surface area contributed by atoms with Gasteiger partial charge in [-0.1, -0.05) is 36.4 Å². The van der Waals surface area contributed by atoms with E-state index in [0.717, 1.165) is 16.7 Å². The van der Waals surface area contributed by atoms with Crippen LogP contribution in [0.5, 0.6) is 0 Å². The fraction of sp³-hybridized carbons (Fsp3) is 0.235. The van der Waals surface area contributed by atoms with E-state index in [1.54, 1.807) is 0 Å². The minimum atomic E-state index is -0.00423. The Bertz CT molecular complexity index is 602. The molecule has 2 heteroatoms. The van der Waals surface area contributed by atoms with E-state index < -0.39 is 0 Å². The zero-order valence-electron chi connectivity index (χ0n) is 11.7. The van der Waals surface area contributed by atoms with E-state index in [4.69, 9.17) is 0 Å². The maximum absolute atomic E-state index is 12.0. The molecule has 0 fully saturated rings. The average Bonchev–Trinajstić information content (AvgIpc) is 2.40. The van der Waals surface area contributed by atoms with Crippen molar-refractivity contribution in [2.45, 2.75) is 20.8 Å². The Hall–Kier alpha value is -2.09. The van der Waals surface area contributed by atoms with Gasteiger partial charge in [0.1, 0.15) is 0 Å². The Balaban J connectivity index is 2.52. The van der Waals surface area contributed by atoms with Crippen molar-refractivity contribution in [3.05, 3.63) is 59.2 Å². The van der Waals surface area contributed by atoms with Gasteiger partial charge in [-0.2, -0.15) is 0 Å². The lowest BCUT2D eigenvalue weighted by Crippen LogP contribution is -2.23. The lowest BCUT2D eigenvalue weighted by Gasteiger charge is -2.13. The lowest BCUT2D eigenvalue weighted by molar-refractivity contribution is 0.0955. The van der Waals surface area contributed by atoms with Crippen LogP contribution in [0.3, 0.4) is 0 Å². The first-order valence-electron chi connectivity index (χ1n) is 6.59. The SMILES string of the molecule is CCNC(=O)c1cccc(-c2ccccc2C)c1C. The highest BCUT2D eigenvalue weighted by atomic mass is 16.1. The average molecular weight is 253 g/mol. The number of aryl methyl sites for hydroxylation is 1. The summed E-state index contributed by atoms with van der Waals surface area (Å²) in [5.74, 6) is -0.00423. The highest BCUT2D eigenvalue weighted by Crippen LogP contribution is 2.28. The van der Waals surface area contributed by atoms with E-state index >= 15 is 0 Å². The van der Waals surface area contributed by atoms with Gasteiger partial charge in [0.2, 0.25) is 0 Å². The molecule has 1 N–H and O–H groups in total. The van der Waals surface area contributed by atoms with Crippen LogP contribution in [0.1, 0.15) is 28.4 Å². The summed E-state index contributed by atoms with van der Waals surface area (Å²) in [7, 11) is 0. The molecule has 0 saturated carbocycles. The van der Waals surface area contributed by atoms with Gasteiger partial charge in [-0.05, 0) is 49.1 Å². The molecule has 0 spiro atoms. The van der Waals surface area contributed by atoms with Crippen LogP contribution in [0.4, 0.5) is 0 Å². The molecule has 2 aromatic rings. The molecule has 0 heterocycles. The van der Waals surface area contributed by atoms with Crippen molar-refractivity contribution >= 4 is 5.91 Å². The summed E-state index contributed by atoms with van der Waals surface area (Å²) in [6, 6.07) is 14.1. The molecule has 0 aliphatic heterocycles. The van der Waals surface area contributed by atoms with Gasteiger partial charge in [0.15, 0.2) is 0 Å². The smallest absolute Gasteiger partial charge is 0.251 e. The fourth-order valence-electron chi connectivity index (χ4n) is 2.30. The lowest BCUT2D eigenvalue weighted by atomic mass is 9.93. The van der Waals surface area contributed by atoms with Crippen LogP contribution in [-0.4, -0.2) is 12.5 Å². The molecule has 19 heavy (non-hydrogen) atoms. The first kappa shape index (κ1) is 13.3. The van der Waals surface area contributed by atoms with Gasteiger partial charge in [0.25, 0.3) is 5.91 Å². The standard InChI is InChI=1S/C17H19NO/c1-4-18-17(19)16-11-7-10-15(13(16)3)14-9-6-5-8-12(14)2/h5-11H,4H2,1-3H3,(H,18,19). The molecule has 1 amide bonds. The number of amides is 1. The van der Waals surface area contributed by atoms with Gasteiger partial charge in [-0.3, -0.25) is 4.79 Å². The third-order valence-electron chi connectivity index (χ3n) is 3.35. The van der Waals surface area contributed by atoms with E-state index in [2.05, 4.69) is 30.4 Å². The summed E-state index contributed by atoms with van der Waals surface area (Å²) in [5, 5.41) is 2.86. The third kappa shape index (κ3) is 2.68. The van der Waals surface area contributed by atoms with E-state index in [0.29, 0.717) is 6.54 Å². The van der Waals surface area contributed by atoms with Crippen LogP contribution in [0.25, 0.3) is 11.1 Å². The molecule has 0 radical (unpaired) electrons. The predicted octanol–water partition coefficient (Wildman–Crippen LogP) is 3.72. The molecule has 0 unspecified atom stereocenters. The van der Waals surface area contributed by atoms with Crippen LogP contribution < -0.4 is 5.32 Å². The molecule has 0 aromatic heterocycles. The van der Waals surface area contributed by atoms with Gasteiger partial charge < -0.3 is 5.32 Å². The zero-order chi connectivity index (χ0) is 13.8. The van der Waals surface area contributed by atoms with Gasteiger partial charge in [0.05, 0.1) is 0 Å². The van der Waals surface area contributed by atoms with Crippen molar-refractivity contribution in [2.75, 3.05) is 6.54 Å². The maximum atomic E-state index is 12.0. The Morgan fingerprint density at radius 1 is 1.00 bits per heavy atom. The highest BCUT2D eigenvalue weighted by molar-refractivity contribution is 5.97. The second kappa shape index (κ2) is 5.70. The minimum Gasteiger partial charge on any atom is -0.352 e. The molecule has 0 bridgehead atoms. The Morgan fingerprint density at radius 2 is 1.68 bits per heavy atom. The summed E-state index contributed by atoms with van der Waals surface area (Å²) in [6.45, 7) is 6.67. The van der Waals surface area contributed by atoms with Crippen molar-refractivity contribution in [3.8, 4) is 11.1 Å².